The third kappa shape index (κ3) is 4.01. The van der Waals surface area contributed by atoms with Gasteiger partial charge < -0.3 is 15.0 Å². The number of amides is 2. The van der Waals surface area contributed by atoms with Crippen LogP contribution in [0.1, 0.15) is 29.6 Å². The Labute approximate surface area is 141 Å². The van der Waals surface area contributed by atoms with Gasteiger partial charge in [0.2, 0.25) is 5.91 Å². The van der Waals surface area contributed by atoms with Gasteiger partial charge in [-0.15, -0.1) is 6.58 Å². The molecule has 2 rings (SSSR count). The Bertz CT molecular complexity index is 615. The van der Waals surface area contributed by atoms with E-state index < -0.39 is 18.1 Å². The van der Waals surface area contributed by atoms with Crippen molar-refractivity contribution in [1.82, 2.24) is 10.2 Å². The van der Waals surface area contributed by atoms with Gasteiger partial charge in [-0.25, -0.2) is 4.79 Å². The van der Waals surface area contributed by atoms with E-state index in [1.807, 2.05) is 6.07 Å². The van der Waals surface area contributed by atoms with Crippen molar-refractivity contribution in [2.45, 2.75) is 31.3 Å². The lowest BCUT2D eigenvalue weighted by atomic mass is 10.1. The second kappa shape index (κ2) is 8.29. The number of rotatable bonds is 6. The molecule has 1 aromatic rings. The minimum absolute atomic E-state index is 0.285. The van der Waals surface area contributed by atoms with Crippen LogP contribution in [0.15, 0.2) is 43.0 Å². The average molecular weight is 330 g/mol. The first kappa shape index (κ1) is 17.7. The monoisotopic (exact) mass is 330 g/mol. The van der Waals surface area contributed by atoms with Crippen molar-refractivity contribution in [1.29, 1.82) is 0 Å². The van der Waals surface area contributed by atoms with Gasteiger partial charge in [0.1, 0.15) is 12.1 Å². The number of hydrogen-bond acceptors (Lipinski definition) is 4. The molecule has 6 nitrogen and oxygen atoms in total. The van der Waals surface area contributed by atoms with Gasteiger partial charge in [0.15, 0.2) is 0 Å². The summed E-state index contributed by atoms with van der Waals surface area (Å²) in [7, 11) is 1.31. The summed E-state index contributed by atoms with van der Waals surface area (Å²) in [6.45, 7) is 4.13. The predicted molar refractivity (Wildman–Crippen MR) is 89.3 cm³/mol. The van der Waals surface area contributed by atoms with Gasteiger partial charge in [-0.2, -0.15) is 0 Å². The molecule has 128 valence electrons. The number of carbonyl (C=O) groups is 3. The number of ether oxygens (including phenoxy) is 1. The third-order valence-electron chi connectivity index (χ3n) is 4.05. The van der Waals surface area contributed by atoms with E-state index in [0.717, 1.165) is 6.42 Å². The minimum Gasteiger partial charge on any atom is -0.467 e. The molecular weight excluding hydrogens is 308 g/mol. The molecule has 1 aliphatic heterocycles. The maximum atomic E-state index is 12.8. The summed E-state index contributed by atoms with van der Waals surface area (Å²) >= 11 is 0. The zero-order valence-electron chi connectivity index (χ0n) is 13.7. The lowest BCUT2D eigenvalue weighted by Crippen LogP contribution is -2.51. The van der Waals surface area contributed by atoms with Crippen molar-refractivity contribution < 1.29 is 19.1 Å². The molecule has 1 heterocycles. The SMILES string of the molecule is C=CCC(NC(=O)c1ccccc1)C(=O)N1CCC[C@H]1C(=O)OC. The molecule has 0 radical (unpaired) electrons. The van der Waals surface area contributed by atoms with Crippen molar-refractivity contribution in [2.24, 2.45) is 0 Å². The fourth-order valence-corrected chi connectivity index (χ4v) is 2.83. The number of methoxy groups -OCH3 is 1. The van der Waals surface area contributed by atoms with Crippen LogP contribution >= 0.6 is 0 Å². The number of nitrogens with one attached hydrogen (secondary N) is 1. The second-order valence-electron chi connectivity index (χ2n) is 5.63. The van der Waals surface area contributed by atoms with Crippen LogP contribution in [0, 0.1) is 0 Å². The number of likely N-dealkylation sites (tertiary alicyclic amines) is 1. The van der Waals surface area contributed by atoms with Crippen LogP contribution in [0.25, 0.3) is 0 Å². The maximum absolute atomic E-state index is 12.8. The maximum Gasteiger partial charge on any atom is 0.328 e. The zero-order valence-corrected chi connectivity index (χ0v) is 13.7. The molecule has 0 bridgehead atoms. The number of hydrogen-bond donors (Lipinski definition) is 1. The molecule has 1 saturated heterocycles. The van der Waals surface area contributed by atoms with Crippen molar-refractivity contribution >= 4 is 17.8 Å². The smallest absolute Gasteiger partial charge is 0.328 e. The lowest BCUT2D eigenvalue weighted by Gasteiger charge is -2.27. The number of carbonyl (C=O) groups excluding carboxylic acids is 3. The Morgan fingerprint density at radius 1 is 1.38 bits per heavy atom. The molecule has 1 unspecified atom stereocenters. The fourth-order valence-electron chi connectivity index (χ4n) is 2.83. The largest absolute Gasteiger partial charge is 0.467 e. The summed E-state index contributed by atoms with van der Waals surface area (Å²) in [6, 6.07) is 7.35. The Morgan fingerprint density at radius 2 is 2.08 bits per heavy atom. The molecule has 24 heavy (non-hydrogen) atoms. The summed E-state index contributed by atoms with van der Waals surface area (Å²) in [6.07, 6.45) is 3.18. The van der Waals surface area contributed by atoms with Gasteiger partial charge in [-0.05, 0) is 31.4 Å². The van der Waals surface area contributed by atoms with E-state index in [1.165, 1.54) is 12.0 Å². The molecule has 0 spiro atoms. The Kier molecular flexibility index (Phi) is 6.12. The van der Waals surface area contributed by atoms with E-state index in [4.69, 9.17) is 4.74 Å². The van der Waals surface area contributed by atoms with Crippen LogP contribution in [0.4, 0.5) is 0 Å². The number of nitrogens with zero attached hydrogens (tertiary/aromatic N) is 1. The molecule has 6 heteroatoms. The topological polar surface area (TPSA) is 75.7 Å². The van der Waals surface area contributed by atoms with Crippen LogP contribution in [-0.2, 0) is 14.3 Å². The van der Waals surface area contributed by atoms with E-state index in [-0.39, 0.29) is 11.8 Å². The van der Waals surface area contributed by atoms with Crippen LogP contribution in [0.2, 0.25) is 0 Å². The molecule has 0 aromatic heterocycles. The molecule has 1 aliphatic rings. The molecule has 1 N–H and O–H groups in total. The summed E-state index contributed by atoms with van der Waals surface area (Å²) in [5, 5.41) is 2.73. The van der Waals surface area contributed by atoms with Crippen LogP contribution in [-0.4, -0.2) is 48.4 Å². The highest BCUT2D eigenvalue weighted by molar-refractivity contribution is 5.98. The molecule has 1 fully saturated rings. The quantitative estimate of drug-likeness (QED) is 0.634. The van der Waals surface area contributed by atoms with Crippen LogP contribution in [0.3, 0.4) is 0 Å². The van der Waals surface area contributed by atoms with Gasteiger partial charge in [0, 0.05) is 12.1 Å². The first-order chi connectivity index (χ1) is 11.6. The van der Waals surface area contributed by atoms with Crippen LogP contribution in [0.5, 0.6) is 0 Å². The van der Waals surface area contributed by atoms with Crippen LogP contribution < -0.4 is 5.32 Å². The van der Waals surface area contributed by atoms with E-state index in [1.54, 1.807) is 30.3 Å². The highest BCUT2D eigenvalue weighted by Gasteiger charge is 2.37. The van der Waals surface area contributed by atoms with E-state index in [0.29, 0.717) is 24.9 Å². The molecule has 2 atom stereocenters. The highest BCUT2D eigenvalue weighted by Crippen LogP contribution is 2.20. The van der Waals surface area contributed by atoms with Gasteiger partial charge in [-0.1, -0.05) is 24.3 Å². The van der Waals surface area contributed by atoms with E-state index >= 15 is 0 Å². The van der Waals surface area contributed by atoms with Crippen molar-refractivity contribution in [3.8, 4) is 0 Å². The first-order valence-electron chi connectivity index (χ1n) is 7.93. The Morgan fingerprint density at radius 3 is 2.71 bits per heavy atom. The fraction of sp³-hybridized carbons (Fsp3) is 0.389. The third-order valence-corrected chi connectivity index (χ3v) is 4.05. The summed E-state index contributed by atoms with van der Waals surface area (Å²) in [4.78, 5) is 38.4. The number of benzene rings is 1. The van der Waals surface area contributed by atoms with E-state index in [2.05, 4.69) is 11.9 Å². The standard InChI is InChI=1S/C18H22N2O4/c1-3-8-14(19-16(21)13-9-5-4-6-10-13)17(22)20-12-7-11-15(20)18(23)24-2/h3-6,9-10,14-15H,1,7-8,11-12H2,2H3,(H,19,21)/t14?,15-/m0/s1. The minimum atomic E-state index is -0.750. The van der Waals surface area contributed by atoms with Crippen molar-refractivity contribution in [3.05, 3.63) is 48.6 Å². The summed E-state index contributed by atoms with van der Waals surface area (Å²) < 4.78 is 4.76. The Hall–Kier alpha value is -2.63. The van der Waals surface area contributed by atoms with Gasteiger partial charge in [-0.3, -0.25) is 9.59 Å². The molecule has 0 aliphatic carbocycles. The van der Waals surface area contributed by atoms with Gasteiger partial charge in [0.05, 0.1) is 7.11 Å². The molecule has 0 saturated carbocycles. The predicted octanol–water partition coefficient (Wildman–Crippen LogP) is 1.53. The normalized spacial score (nSPS) is 17.9. The zero-order chi connectivity index (χ0) is 17.5. The van der Waals surface area contributed by atoms with Gasteiger partial charge in [0.25, 0.3) is 5.91 Å². The lowest BCUT2D eigenvalue weighted by molar-refractivity contribution is -0.151. The average Bonchev–Trinajstić information content (AvgIpc) is 3.10. The van der Waals surface area contributed by atoms with Gasteiger partial charge >= 0.3 is 5.97 Å². The highest BCUT2D eigenvalue weighted by atomic mass is 16.5. The number of esters is 1. The molecule has 2 amide bonds. The van der Waals surface area contributed by atoms with E-state index in [9.17, 15) is 14.4 Å². The molecule has 1 aromatic carbocycles. The van der Waals surface area contributed by atoms with Crippen molar-refractivity contribution in [2.75, 3.05) is 13.7 Å². The summed E-state index contributed by atoms with van der Waals surface area (Å²) in [5.74, 6) is -1.04. The van der Waals surface area contributed by atoms with Crippen molar-refractivity contribution in [3.63, 3.8) is 0 Å². The Balaban J connectivity index is 2.11. The second-order valence-corrected chi connectivity index (χ2v) is 5.63. The summed E-state index contributed by atoms with van der Waals surface area (Å²) in [5.41, 5.74) is 0.477. The first-order valence-corrected chi connectivity index (χ1v) is 7.93. The molecular formula is C18H22N2O4.